The number of ether oxygens (including phenoxy) is 2. The number of esters is 2. The summed E-state index contributed by atoms with van der Waals surface area (Å²) in [5.74, 6) is -3.44. The minimum atomic E-state index is -1.32. The lowest BCUT2D eigenvalue weighted by atomic mass is 9.97. The molecule has 71 heavy (non-hydrogen) atoms. The highest BCUT2D eigenvalue weighted by molar-refractivity contribution is 5.90. The van der Waals surface area contributed by atoms with Gasteiger partial charge < -0.3 is 35.3 Å². The van der Waals surface area contributed by atoms with Crippen LogP contribution in [0.5, 0.6) is 5.75 Å². The molecule has 0 spiro atoms. The van der Waals surface area contributed by atoms with Crippen LogP contribution in [0.25, 0.3) is 22.3 Å². The Morgan fingerprint density at radius 2 is 1.28 bits per heavy atom. The van der Waals surface area contributed by atoms with Crippen molar-refractivity contribution in [3.8, 4) is 17.1 Å². The standard InChI is InChI=1S/C30H32N4O8.2C9H10O2.C4H10.C2H6.FH/c1-4-17-19-12-16(41-27(38)10-8-25(31)36)6-7-22(19)33-29-21(17)14-34-23(29)13-20(18(5-2)30(34)40)24(15-35)42-28(39)11-9-26(37)32-3;2*10-9(11)7-6-8-4-2-1-3-5-8;1-3-4-2;1-2;/h6-7,12-13,15,24H,4-5,8-11,14H2,1-3H3,(H2,31,36)(H,32,37);2*1-5H,6-7H2,(H,10,11);3-4H2,1-2H3;1-2H3;1H. The molecule has 1 atom stereocenters. The van der Waals surface area contributed by atoms with Gasteiger partial charge in [-0.2, -0.15) is 0 Å². The molecule has 1 unspecified atom stereocenters. The van der Waals surface area contributed by atoms with E-state index in [1.807, 2.05) is 81.4 Å². The van der Waals surface area contributed by atoms with Gasteiger partial charge in [0.15, 0.2) is 12.4 Å². The first-order chi connectivity index (χ1) is 33.6. The van der Waals surface area contributed by atoms with Crippen molar-refractivity contribution in [1.29, 1.82) is 0 Å². The number of hydrogen-bond acceptors (Lipinski definition) is 11. The maximum absolute atomic E-state index is 13.7. The number of carboxylic acid groups (broad SMARTS) is 2. The van der Waals surface area contributed by atoms with Crippen molar-refractivity contribution < 1.29 is 58.0 Å². The lowest BCUT2D eigenvalue weighted by molar-refractivity contribution is -0.153. The van der Waals surface area contributed by atoms with E-state index < -0.39 is 35.9 Å². The highest BCUT2D eigenvalue weighted by Gasteiger charge is 2.30. The van der Waals surface area contributed by atoms with Gasteiger partial charge in [0.25, 0.3) is 5.56 Å². The SMILES string of the molecule is CC.CCCC.CCc1c(C(C=O)OC(=O)CCC(=O)NC)cc2n(c1=O)Cc1c-2nc2ccc(OC(=O)CCC(N)=O)cc2c1CC.F.O=C(O)CCc1ccccc1.O=C(O)CCc1ccccc1. The summed E-state index contributed by atoms with van der Waals surface area (Å²) in [6.07, 6.45) is 3.79. The van der Waals surface area contributed by atoms with Gasteiger partial charge in [-0.15, -0.1) is 0 Å². The molecule has 0 radical (unpaired) electrons. The molecular formula is C54H69FN4O12. The lowest BCUT2D eigenvalue weighted by Gasteiger charge is -2.17. The number of nitrogens with zero attached hydrogens (tertiary/aromatic N) is 2. The topological polar surface area (TPSA) is 251 Å². The Morgan fingerprint density at radius 1 is 0.746 bits per heavy atom. The van der Waals surface area contributed by atoms with E-state index in [4.69, 9.17) is 30.4 Å². The number of primary amides is 1. The van der Waals surface area contributed by atoms with E-state index in [2.05, 4.69) is 19.2 Å². The average Bonchev–Trinajstić information content (AvgIpc) is 3.74. The zero-order valence-electron chi connectivity index (χ0n) is 41.8. The van der Waals surface area contributed by atoms with Gasteiger partial charge in [-0.25, -0.2) is 4.98 Å². The largest absolute Gasteiger partial charge is 0.481 e. The third kappa shape index (κ3) is 20.1. The Kier molecular flexibility index (Phi) is 28.6. The van der Waals surface area contributed by atoms with Gasteiger partial charge in [0, 0.05) is 54.8 Å². The second kappa shape index (κ2) is 33.1. The molecule has 1 aliphatic heterocycles. The van der Waals surface area contributed by atoms with Gasteiger partial charge in [-0.3, -0.25) is 43.1 Å². The predicted octanol–water partition coefficient (Wildman–Crippen LogP) is 8.42. The summed E-state index contributed by atoms with van der Waals surface area (Å²) in [4.78, 5) is 98.0. The van der Waals surface area contributed by atoms with Crippen LogP contribution in [0.1, 0.15) is 132 Å². The normalized spacial score (nSPS) is 10.7. The first kappa shape index (κ1) is 61.5. The molecule has 2 aromatic heterocycles. The molecule has 0 aliphatic carbocycles. The third-order valence-corrected chi connectivity index (χ3v) is 10.6. The summed E-state index contributed by atoms with van der Waals surface area (Å²) in [7, 11) is 1.45. The van der Waals surface area contributed by atoms with E-state index >= 15 is 0 Å². The molecule has 3 heterocycles. The summed E-state index contributed by atoms with van der Waals surface area (Å²) < 4.78 is 12.4. The molecule has 5 aromatic rings. The van der Waals surface area contributed by atoms with Crippen molar-refractivity contribution in [2.45, 2.75) is 131 Å². The molecule has 17 heteroatoms. The fourth-order valence-corrected chi connectivity index (χ4v) is 6.93. The molecule has 6 rings (SSSR count). The summed E-state index contributed by atoms with van der Waals surface area (Å²) in [6, 6.07) is 25.9. The van der Waals surface area contributed by atoms with Crippen LogP contribution in [0.2, 0.25) is 0 Å². The van der Waals surface area contributed by atoms with Crippen molar-refractivity contribution in [1.82, 2.24) is 14.9 Å². The Labute approximate surface area is 414 Å². The molecule has 1 aliphatic rings. The maximum Gasteiger partial charge on any atom is 0.311 e. The van der Waals surface area contributed by atoms with Crippen molar-refractivity contribution >= 4 is 52.9 Å². The molecule has 16 nitrogen and oxygen atoms in total. The zero-order valence-corrected chi connectivity index (χ0v) is 41.8. The van der Waals surface area contributed by atoms with Crippen LogP contribution in [0, 0.1) is 0 Å². The maximum atomic E-state index is 13.7. The van der Waals surface area contributed by atoms with Crippen LogP contribution < -0.4 is 21.3 Å². The first-order valence-electron chi connectivity index (χ1n) is 23.7. The van der Waals surface area contributed by atoms with Crippen molar-refractivity contribution in [2.24, 2.45) is 5.73 Å². The number of fused-ring (bicyclic) bond motifs is 4. The van der Waals surface area contributed by atoms with E-state index in [1.54, 1.807) is 35.8 Å². The molecule has 0 saturated heterocycles. The summed E-state index contributed by atoms with van der Waals surface area (Å²) in [5.41, 5.74) is 11.0. The number of carboxylic acids is 2. The van der Waals surface area contributed by atoms with Crippen LogP contribution >= 0.6 is 0 Å². The van der Waals surface area contributed by atoms with E-state index in [9.17, 15) is 38.4 Å². The van der Waals surface area contributed by atoms with Gasteiger partial charge in [-0.1, -0.05) is 115 Å². The molecule has 3 aromatic carbocycles. The van der Waals surface area contributed by atoms with Crippen LogP contribution in [-0.4, -0.2) is 68.8 Å². The van der Waals surface area contributed by atoms with E-state index in [0.717, 1.165) is 27.6 Å². The number of amides is 2. The fourth-order valence-electron chi connectivity index (χ4n) is 6.93. The molecule has 384 valence electrons. The quantitative estimate of drug-likeness (QED) is 0.0338. The minimum absolute atomic E-state index is 0. The molecule has 0 saturated carbocycles. The van der Waals surface area contributed by atoms with Gasteiger partial charge in [0.2, 0.25) is 11.8 Å². The van der Waals surface area contributed by atoms with Crippen LogP contribution in [0.15, 0.2) is 89.7 Å². The highest BCUT2D eigenvalue weighted by Crippen LogP contribution is 2.38. The van der Waals surface area contributed by atoms with Gasteiger partial charge in [0.1, 0.15) is 5.75 Å². The number of unbranched alkanes of at least 4 members (excludes halogenated alkanes) is 1. The lowest BCUT2D eigenvalue weighted by Crippen LogP contribution is -2.27. The number of benzene rings is 3. The van der Waals surface area contributed by atoms with E-state index in [-0.39, 0.29) is 66.8 Å². The van der Waals surface area contributed by atoms with Gasteiger partial charge >= 0.3 is 23.9 Å². The number of nitrogens with one attached hydrogen (secondary N) is 1. The Bertz CT molecular complexity index is 2530. The monoisotopic (exact) mass is 984 g/mol. The second-order valence-corrected chi connectivity index (χ2v) is 15.6. The number of nitrogens with two attached hydrogens (primary N) is 1. The number of aryl methyl sites for hydroxylation is 3. The molecule has 2 amide bonds. The fraction of sp³-hybridized carbons (Fsp3) is 0.389. The van der Waals surface area contributed by atoms with E-state index in [0.29, 0.717) is 60.2 Å². The van der Waals surface area contributed by atoms with Gasteiger partial charge in [-0.05, 0) is 66.6 Å². The number of carbonyl (C=O) groups is 7. The van der Waals surface area contributed by atoms with Crippen molar-refractivity contribution in [3.63, 3.8) is 0 Å². The number of aliphatic carboxylic acids is 2. The Morgan fingerprint density at radius 3 is 1.75 bits per heavy atom. The number of rotatable bonds is 19. The molecule has 0 bridgehead atoms. The number of carbonyl (C=O) groups excluding carboxylic acids is 5. The summed E-state index contributed by atoms with van der Waals surface area (Å²) in [5, 5.41) is 19.9. The minimum Gasteiger partial charge on any atom is -0.481 e. The van der Waals surface area contributed by atoms with Crippen molar-refractivity contribution in [2.75, 3.05) is 7.05 Å². The number of aldehydes is 1. The Hall–Kier alpha value is -7.56. The summed E-state index contributed by atoms with van der Waals surface area (Å²) >= 11 is 0. The smallest absolute Gasteiger partial charge is 0.311 e. The molecule has 5 N–H and O–H groups in total. The predicted molar refractivity (Wildman–Crippen MR) is 271 cm³/mol. The molecule has 0 fully saturated rings. The molecular weight excluding hydrogens is 916 g/mol. The second-order valence-electron chi connectivity index (χ2n) is 15.6. The zero-order chi connectivity index (χ0) is 52.2. The first-order valence-corrected chi connectivity index (χ1v) is 23.7. The average molecular weight is 985 g/mol. The number of pyridine rings is 2. The Balaban J connectivity index is 0.000000702. The van der Waals surface area contributed by atoms with Crippen LogP contribution in [0.4, 0.5) is 4.70 Å². The van der Waals surface area contributed by atoms with Crippen LogP contribution in [0.3, 0.4) is 0 Å². The van der Waals surface area contributed by atoms with Crippen LogP contribution in [-0.2, 0) is 70.5 Å². The third-order valence-electron chi connectivity index (χ3n) is 10.6. The van der Waals surface area contributed by atoms with Gasteiger partial charge in [0.05, 0.1) is 36.3 Å². The number of hydrogen-bond donors (Lipinski definition) is 4. The van der Waals surface area contributed by atoms with E-state index in [1.165, 1.54) is 19.9 Å². The number of halogens is 1. The number of aromatic nitrogens is 2. The summed E-state index contributed by atoms with van der Waals surface area (Å²) in [6.45, 7) is 12.4. The highest BCUT2D eigenvalue weighted by atomic mass is 19.0. The van der Waals surface area contributed by atoms with Crippen molar-refractivity contribution in [3.05, 3.63) is 129 Å².